The maximum Gasteiger partial charge on any atom is 0.242 e. The van der Waals surface area contributed by atoms with Gasteiger partial charge in [-0.05, 0) is 47.8 Å². The molecule has 0 saturated heterocycles. The molecule has 2 aromatic heterocycles. The Morgan fingerprint density at radius 2 is 2.10 bits per heavy atom. The first-order valence-corrected chi connectivity index (χ1v) is 9.35. The van der Waals surface area contributed by atoms with Gasteiger partial charge in [0.1, 0.15) is 0 Å². The van der Waals surface area contributed by atoms with Gasteiger partial charge in [-0.2, -0.15) is 11.3 Å². The van der Waals surface area contributed by atoms with E-state index in [4.69, 9.17) is 0 Å². The highest BCUT2D eigenvalue weighted by molar-refractivity contribution is 7.89. The second kappa shape index (κ2) is 7.22. The van der Waals surface area contributed by atoms with Crippen molar-refractivity contribution < 1.29 is 8.42 Å². The van der Waals surface area contributed by atoms with Crippen LogP contribution in [0.15, 0.2) is 27.9 Å². The third kappa shape index (κ3) is 4.41. The molecule has 21 heavy (non-hydrogen) atoms. The van der Waals surface area contributed by atoms with Gasteiger partial charge in [-0.15, -0.1) is 0 Å². The highest BCUT2D eigenvalue weighted by Gasteiger charge is 2.16. The Balaban J connectivity index is 1.97. The van der Waals surface area contributed by atoms with E-state index in [2.05, 4.69) is 21.9 Å². The van der Waals surface area contributed by atoms with Crippen molar-refractivity contribution in [2.75, 3.05) is 6.54 Å². The summed E-state index contributed by atoms with van der Waals surface area (Å²) in [6.07, 6.45) is 2.58. The molecule has 2 aromatic rings. The minimum absolute atomic E-state index is 0.281. The van der Waals surface area contributed by atoms with Gasteiger partial charge in [-0.1, -0.05) is 6.92 Å². The van der Waals surface area contributed by atoms with Crippen LogP contribution in [0.2, 0.25) is 0 Å². The van der Waals surface area contributed by atoms with Gasteiger partial charge in [-0.25, -0.2) is 13.1 Å². The summed E-state index contributed by atoms with van der Waals surface area (Å²) in [6.45, 7) is 5.96. The van der Waals surface area contributed by atoms with Crippen LogP contribution in [0.3, 0.4) is 0 Å². The van der Waals surface area contributed by atoms with Crippen LogP contribution < -0.4 is 10.0 Å². The number of aryl methyl sites for hydroxylation is 1. The molecule has 0 aliphatic carbocycles. The molecule has 0 aromatic carbocycles. The Bertz CT molecular complexity index is 674. The lowest BCUT2D eigenvalue weighted by molar-refractivity contribution is 0.581. The van der Waals surface area contributed by atoms with Crippen LogP contribution in [0.25, 0.3) is 0 Å². The lowest BCUT2D eigenvalue weighted by Gasteiger charge is -2.04. The van der Waals surface area contributed by atoms with E-state index < -0.39 is 10.0 Å². The average molecular weight is 327 g/mol. The third-order valence-corrected chi connectivity index (χ3v) is 5.47. The smallest absolute Gasteiger partial charge is 0.242 e. The lowest BCUT2D eigenvalue weighted by Crippen LogP contribution is -2.23. The highest BCUT2D eigenvalue weighted by atomic mass is 32.2. The molecule has 2 heterocycles. The van der Waals surface area contributed by atoms with Gasteiger partial charge in [-0.3, -0.25) is 0 Å². The molecule has 0 amide bonds. The lowest BCUT2D eigenvalue weighted by atomic mass is 10.2. The summed E-state index contributed by atoms with van der Waals surface area (Å²) in [6, 6.07) is 1.67. The average Bonchev–Trinajstić information content (AvgIpc) is 3.06. The maximum absolute atomic E-state index is 12.2. The first kappa shape index (κ1) is 16.2. The molecule has 2 rings (SSSR count). The Labute approximate surface area is 129 Å². The fourth-order valence-corrected chi connectivity index (χ4v) is 3.78. The Hall–Kier alpha value is -1.15. The van der Waals surface area contributed by atoms with Crippen molar-refractivity contribution in [3.8, 4) is 0 Å². The summed E-state index contributed by atoms with van der Waals surface area (Å²) in [4.78, 5) is 3.28. The van der Waals surface area contributed by atoms with E-state index in [1.807, 2.05) is 17.7 Å². The number of thiophene rings is 1. The number of rotatable bonds is 8. The number of sulfonamides is 1. The molecule has 0 atom stereocenters. The zero-order valence-electron chi connectivity index (χ0n) is 12.3. The fraction of sp³-hybridized carbons (Fsp3) is 0.429. The third-order valence-electron chi connectivity index (χ3n) is 3.18. The van der Waals surface area contributed by atoms with Crippen molar-refractivity contribution in [2.24, 2.45) is 0 Å². The van der Waals surface area contributed by atoms with E-state index in [9.17, 15) is 8.42 Å². The molecule has 116 valence electrons. The van der Waals surface area contributed by atoms with Gasteiger partial charge < -0.3 is 10.3 Å². The molecule has 7 heteroatoms. The largest absolute Gasteiger partial charge is 0.363 e. The molecule has 5 nitrogen and oxygen atoms in total. The summed E-state index contributed by atoms with van der Waals surface area (Å²) in [5.41, 5.74) is 3.00. The van der Waals surface area contributed by atoms with Gasteiger partial charge in [0.15, 0.2) is 0 Å². The van der Waals surface area contributed by atoms with Crippen molar-refractivity contribution in [3.63, 3.8) is 0 Å². The minimum atomic E-state index is -3.47. The van der Waals surface area contributed by atoms with Crippen molar-refractivity contribution in [3.05, 3.63) is 39.8 Å². The first-order chi connectivity index (χ1) is 10.0. The molecule has 3 N–H and O–H groups in total. The van der Waals surface area contributed by atoms with Crippen LogP contribution in [-0.4, -0.2) is 19.9 Å². The molecule has 0 spiro atoms. The Kier molecular flexibility index (Phi) is 5.58. The monoisotopic (exact) mass is 327 g/mol. The number of H-pyrrole nitrogens is 1. The standard InChI is InChI=1S/C14H21N3O2S2/c1-3-4-15-7-13-5-14(8-16-13)21(18,19)17-6-12-10-20-9-11(12)2/h5,8-10,15-17H,3-4,6-7H2,1-2H3. The molecule has 0 saturated carbocycles. The summed E-state index contributed by atoms with van der Waals surface area (Å²) in [7, 11) is -3.47. The number of hydrogen-bond acceptors (Lipinski definition) is 4. The zero-order chi connectivity index (χ0) is 15.3. The van der Waals surface area contributed by atoms with Crippen LogP contribution in [0.5, 0.6) is 0 Å². The predicted molar refractivity (Wildman–Crippen MR) is 85.9 cm³/mol. The van der Waals surface area contributed by atoms with Crippen molar-refractivity contribution in [2.45, 2.75) is 38.3 Å². The molecule has 0 radical (unpaired) electrons. The van der Waals surface area contributed by atoms with E-state index in [0.717, 1.165) is 29.8 Å². The zero-order valence-corrected chi connectivity index (χ0v) is 13.9. The van der Waals surface area contributed by atoms with E-state index in [0.29, 0.717) is 13.1 Å². The van der Waals surface area contributed by atoms with Crippen LogP contribution in [0.1, 0.15) is 30.2 Å². The van der Waals surface area contributed by atoms with Gasteiger partial charge in [0, 0.05) is 25.0 Å². The first-order valence-electron chi connectivity index (χ1n) is 6.92. The van der Waals surface area contributed by atoms with Crippen molar-refractivity contribution in [1.82, 2.24) is 15.0 Å². The van der Waals surface area contributed by atoms with E-state index in [1.165, 1.54) is 6.20 Å². The van der Waals surface area contributed by atoms with Gasteiger partial charge in [0.25, 0.3) is 0 Å². The fourth-order valence-electron chi connectivity index (χ4n) is 1.90. The molecular weight excluding hydrogens is 306 g/mol. The summed E-state index contributed by atoms with van der Waals surface area (Å²) in [5, 5.41) is 7.21. The van der Waals surface area contributed by atoms with E-state index in [-0.39, 0.29) is 4.90 Å². The molecule has 0 unspecified atom stereocenters. The van der Waals surface area contributed by atoms with Crippen molar-refractivity contribution in [1.29, 1.82) is 0 Å². The SMILES string of the molecule is CCCNCc1cc(S(=O)(=O)NCc2cscc2C)c[nH]1. The van der Waals surface area contributed by atoms with Gasteiger partial charge >= 0.3 is 0 Å². The summed E-state index contributed by atoms with van der Waals surface area (Å²) >= 11 is 1.58. The number of aromatic nitrogens is 1. The number of hydrogen-bond donors (Lipinski definition) is 3. The van der Waals surface area contributed by atoms with Crippen LogP contribution >= 0.6 is 11.3 Å². The highest BCUT2D eigenvalue weighted by Crippen LogP contribution is 2.15. The molecule has 0 aliphatic heterocycles. The summed E-state index contributed by atoms with van der Waals surface area (Å²) < 4.78 is 27.1. The quantitative estimate of drug-likeness (QED) is 0.652. The van der Waals surface area contributed by atoms with Crippen LogP contribution in [0, 0.1) is 6.92 Å². The topological polar surface area (TPSA) is 74.0 Å². The second-order valence-corrected chi connectivity index (χ2v) is 7.45. The minimum Gasteiger partial charge on any atom is -0.363 e. The number of aromatic amines is 1. The van der Waals surface area contributed by atoms with Crippen LogP contribution in [-0.2, 0) is 23.1 Å². The van der Waals surface area contributed by atoms with Crippen molar-refractivity contribution >= 4 is 21.4 Å². The van der Waals surface area contributed by atoms with E-state index in [1.54, 1.807) is 17.4 Å². The van der Waals surface area contributed by atoms with E-state index >= 15 is 0 Å². The molecule has 0 bridgehead atoms. The Morgan fingerprint density at radius 1 is 1.29 bits per heavy atom. The summed E-state index contributed by atoms with van der Waals surface area (Å²) in [5.74, 6) is 0. The van der Waals surface area contributed by atoms with Crippen LogP contribution in [0.4, 0.5) is 0 Å². The molecule has 0 aliphatic rings. The van der Waals surface area contributed by atoms with Gasteiger partial charge in [0.05, 0.1) is 4.90 Å². The predicted octanol–water partition coefficient (Wildman–Crippen LogP) is 2.36. The maximum atomic E-state index is 12.2. The molecule has 0 fully saturated rings. The van der Waals surface area contributed by atoms with Gasteiger partial charge in [0.2, 0.25) is 10.0 Å². The number of nitrogens with one attached hydrogen (secondary N) is 3. The second-order valence-electron chi connectivity index (χ2n) is 4.94. The normalized spacial score (nSPS) is 11.9. The Morgan fingerprint density at radius 3 is 2.76 bits per heavy atom. The molecular formula is C14H21N3O2S2.